The lowest BCUT2D eigenvalue weighted by atomic mass is 10.1. The molecule has 4 aromatic rings. The van der Waals surface area contributed by atoms with Crippen molar-refractivity contribution in [3.05, 3.63) is 70.7 Å². The van der Waals surface area contributed by atoms with Crippen molar-refractivity contribution in [3.8, 4) is 11.3 Å². The number of nitrogens with zero attached hydrogens (tertiary/aromatic N) is 3. The van der Waals surface area contributed by atoms with Crippen molar-refractivity contribution in [1.29, 1.82) is 0 Å². The number of rotatable bonds is 5. The molecule has 0 saturated carbocycles. The number of benzene rings is 2. The van der Waals surface area contributed by atoms with Gasteiger partial charge in [-0.15, -0.1) is 11.3 Å². The van der Waals surface area contributed by atoms with Crippen LogP contribution in [0, 0.1) is 13.8 Å². The maximum Gasteiger partial charge on any atom is 0.203 e. The Labute approximate surface area is 163 Å². The van der Waals surface area contributed by atoms with Crippen LogP contribution in [0.5, 0.6) is 0 Å². The molecule has 0 bridgehead atoms. The van der Waals surface area contributed by atoms with Crippen molar-refractivity contribution in [2.75, 3.05) is 5.43 Å². The summed E-state index contributed by atoms with van der Waals surface area (Å²) in [7, 11) is 0. The first kappa shape index (κ1) is 17.5. The van der Waals surface area contributed by atoms with E-state index in [1.807, 2.05) is 6.21 Å². The Hall–Kier alpha value is -2.92. The Morgan fingerprint density at radius 3 is 2.67 bits per heavy atom. The highest BCUT2D eigenvalue weighted by Crippen LogP contribution is 2.26. The van der Waals surface area contributed by atoms with E-state index < -0.39 is 0 Å². The summed E-state index contributed by atoms with van der Waals surface area (Å²) in [6, 6.07) is 16.9. The predicted octanol–water partition coefficient (Wildman–Crippen LogP) is 5.85. The molecule has 0 aliphatic carbocycles. The summed E-state index contributed by atoms with van der Waals surface area (Å²) < 4.78 is 2.32. The van der Waals surface area contributed by atoms with Gasteiger partial charge in [0.15, 0.2) is 0 Å². The van der Waals surface area contributed by atoms with Crippen LogP contribution < -0.4 is 5.43 Å². The van der Waals surface area contributed by atoms with Gasteiger partial charge in [-0.05, 0) is 26.8 Å². The van der Waals surface area contributed by atoms with Gasteiger partial charge in [0.1, 0.15) is 0 Å². The zero-order chi connectivity index (χ0) is 18.8. The minimum Gasteiger partial charge on any atom is -0.344 e. The molecule has 1 N–H and O–H groups in total. The van der Waals surface area contributed by atoms with Gasteiger partial charge in [-0.25, -0.2) is 4.98 Å². The van der Waals surface area contributed by atoms with Crippen LogP contribution in [-0.2, 0) is 6.54 Å². The minimum absolute atomic E-state index is 0.790. The summed E-state index contributed by atoms with van der Waals surface area (Å²) in [5.74, 6) is 0. The molecule has 0 saturated heterocycles. The Balaban J connectivity index is 1.56. The maximum atomic E-state index is 4.64. The van der Waals surface area contributed by atoms with Crippen LogP contribution in [0.25, 0.3) is 22.2 Å². The molecule has 2 aromatic carbocycles. The van der Waals surface area contributed by atoms with E-state index in [0.29, 0.717) is 0 Å². The van der Waals surface area contributed by atoms with Crippen LogP contribution in [0.2, 0.25) is 0 Å². The molecule has 0 amide bonds. The molecule has 0 spiro atoms. The minimum atomic E-state index is 0.790. The lowest BCUT2D eigenvalue weighted by Gasteiger charge is -2.03. The predicted molar refractivity (Wildman–Crippen MR) is 116 cm³/mol. The molecule has 27 heavy (non-hydrogen) atoms. The van der Waals surface area contributed by atoms with Gasteiger partial charge in [-0.1, -0.05) is 48.0 Å². The molecule has 4 nitrogen and oxygen atoms in total. The molecule has 0 aliphatic rings. The van der Waals surface area contributed by atoms with Gasteiger partial charge >= 0.3 is 0 Å². The molecule has 0 atom stereocenters. The topological polar surface area (TPSA) is 42.2 Å². The van der Waals surface area contributed by atoms with Gasteiger partial charge in [-0.2, -0.15) is 5.10 Å². The van der Waals surface area contributed by atoms with Gasteiger partial charge < -0.3 is 4.57 Å². The third-order valence-electron chi connectivity index (χ3n) is 4.80. The summed E-state index contributed by atoms with van der Waals surface area (Å²) >= 11 is 1.56. The number of hydrogen-bond donors (Lipinski definition) is 1. The maximum absolute atomic E-state index is 4.64. The SMILES string of the molecule is CCn1c(C)c(/C=N\Nc2nc(-c3ccc(C)cc3)cs2)c2ccccc21. The van der Waals surface area contributed by atoms with Gasteiger partial charge in [0, 0.05) is 39.6 Å². The molecule has 0 unspecified atom stereocenters. The van der Waals surface area contributed by atoms with Crippen molar-refractivity contribution < 1.29 is 0 Å². The van der Waals surface area contributed by atoms with Gasteiger partial charge in [0.25, 0.3) is 0 Å². The fourth-order valence-electron chi connectivity index (χ4n) is 3.36. The third-order valence-corrected chi connectivity index (χ3v) is 5.55. The molecule has 0 radical (unpaired) electrons. The van der Waals surface area contributed by atoms with Crippen molar-refractivity contribution in [2.45, 2.75) is 27.3 Å². The zero-order valence-electron chi connectivity index (χ0n) is 15.7. The number of hydrazone groups is 1. The van der Waals surface area contributed by atoms with Crippen LogP contribution in [0.4, 0.5) is 5.13 Å². The molecule has 0 aliphatic heterocycles. The molecule has 136 valence electrons. The Bertz CT molecular complexity index is 1100. The van der Waals surface area contributed by atoms with E-state index in [1.165, 1.54) is 22.2 Å². The van der Waals surface area contributed by atoms with Crippen LogP contribution >= 0.6 is 11.3 Å². The van der Waals surface area contributed by atoms with E-state index in [-0.39, 0.29) is 0 Å². The second-order valence-electron chi connectivity index (χ2n) is 6.53. The monoisotopic (exact) mass is 374 g/mol. The van der Waals surface area contributed by atoms with Crippen LogP contribution in [-0.4, -0.2) is 15.8 Å². The van der Waals surface area contributed by atoms with Crippen molar-refractivity contribution in [1.82, 2.24) is 9.55 Å². The third kappa shape index (κ3) is 3.38. The first-order chi connectivity index (χ1) is 13.2. The Morgan fingerprint density at radius 1 is 1.11 bits per heavy atom. The van der Waals surface area contributed by atoms with E-state index in [4.69, 9.17) is 0 Å². The van der Waals surface area contributed by atoms with Crippen LogP contribution in [0.15, 0.2) is 59.0 Å². The number of thiazole rings is 1. The standard InChI is InChI=1S/C22H22N4S/c1-4-26-16(3)19(18-7-5-6-8-21(18)26)13-23-25-22-24-20(14-27-22)17-11-9-15(2)10-12-17/h5-14H,4H2,1-3H3,(H,24,25)/b23-13-. The summed E-state index contributed by atoms with van der Waals surface area (Å²) in [4.78, 5) is 4.64. The van der Waals surface area contributed by atoms with E-state index in [9.17, 15) is 0 Å². The fraction of sp³-hybridized carbons (Fsp3) is 0.182. The van der Waals surface area contributed by atoms with Crippen molar-refractivity contribution >= 4 is 33.6 Å². The van der Waals surface area contributed by atoms with Crippen LogP contribution in [0.1, 0.15) is 23.7 Å². The molecule has 2 heterocycles. The van der Waals surface area contributed by atoms with Gasteiger partial charge in [-0.3, -0.25) is 5.43 Å². The highest BCUT2D eigenvalue weighted by Gasteiger charge is 2.11. The lowest BCUT2D eigenvalue weighted by Crippen LogP contribution is -1.97. The fourth-order valence-corrected chi connectivity index (χ4v) is 4.03. The number of nitrogens with one attached hydrogen (secondary N) is 1. The van der Waals surface area contributed by atoms with E-state index in [0.717, 1.165) is 28.5 Å². The summed E-state index contributed by atoms with van der Waals surface area (Å²) in [5.41, 5.74) is 10.0. The number of aromatic nitrogens is 2. The number of aryl methyl sites for hydroxylation is 2. The van der Waals surface area contributed by atoms with Gasteiger partial charge in [0.05, 0.1) is 11.9 Å². The van der Waals surface area contributed by atoms with Crippen molar-refractivity contribution in [2.24, 2.45) is 5.10 Å². The summed E-state index contributed by atoms with van der Waals surface area (Å²) in [6.07, 6.45) is 1.90. The summed E-state index contributed by atoms with van der Waals surface area (Å²) in [6.45, 7) is 7.34. The first-order valence-corrected chi connectivity index (χ1v) is 9.95. The lowest BCUT2D eigenvalue weighted by molar-refractivity contribution is 0.769. The number of anilines is 1. The second-order valence-corrected chi connectivity index (χ2v) is 7.39. The van der Waals surface area contributed by atoms with E-state index in [1.54, 1.807) is 11.3 Å². The molecular formula is C22H22N4S. The second kappa shape index (κ2) is 7.37. The summed E-state index contributed by atoms with van der Waals surface area (Å²) in [5, 5.41) is 8.52. The largest absolute Gasteiger partial charge is 0.344 e. The molecule has 2 aromatic heterocycles. The first-order valence-electron chi connectivity index (χ1n) is 9.07. The normalized spacial score (nSPS) is 11.5. The smallest absolute Gasteiger partial charge is 0.203 e. The molecule has 4 rings (SSSR count). The van der Waals surface area contributed by atoms with Crippen LogP contribution in [0.3, 0.4) is 0 Å². The van der Waals surface area contributed by atoms with E-state index in [2.05, 4.69) is 94.8 Å². The molecular weight excluding hydrogens is 352 g/mol. The quantitative estimate of drug-likeness (QED) is 0.352. The average molecular weight is 375 g/mol. The number of fused-ring (bicyclic) bond motifs is 1. The molecule has 5 heteroatoms. The van der Waals surface area contributed by atoms with Crippen molar-refractivity contribution in [3.63, 3.8) is 0 Å². The zero-order valence-corrected chi connectivity index (χ0v) is 16.5. The Kier molecular flexibility index (Phi) is 4.77. The highest BCUT2D eigenvalue weighted by atomic mass is 32.1. The number of para-hydroxylation sites is 1. The van der Waals surface area contributed by atoms with E-state index >= 15 is 0 Å². The van der Waals surface area contributed by atoms with Gasteiger partial charge in [0.2, 0.25) is 5.13 Å². The number of hydrogen-bond acceptors (Lipinski definition) is 4. The highest BCUT2D eigenvalue weighted by molar-refractivity contribution is 7.14. The average Bonchev–Trinajstić information content (AvgIpc) is 3.25. The molecule has 0 fully saturated rings. The Morgan fingerprint density at radius 2 is 1.89 bits per heavy atom.